The second-order valence-corrected chi connectivity index (χ2v) is 9.09. The molecule has 0 saturated carbocycles. The molecule has 1 aromatic rings. The number of hydrogen-bond acceptors (Lipinski definition) is 5. The summed E-state index contributed by atoms with van der Waals surface area (Å²) in [6.07, 6.45) is 0.936. The minimum atomic E-state index is -3.87. The minimum absolute atomic E-state index is 0.180. The largest absolute Gasteiger partial charge is 0.478 e. The molecule has 1 aromatic carbocycles. The second-order valence-electron chi connectivity index (χ2n) is 3.90. The summed E-state index contributed by atoms with van der Waals surface area (Å²) in [6, 6.07) is 3.56. The fourth-order valence-electron chi connectivity index (χ4n) is 1.25. The summed E-state index contributed by atoms with van der Waals surface area (Å²) in [7, 11) is -7.28. The molecule has 0 aliphatic carbocycles. The number of carboxylic acids is 1. The lowest BCUT2D eigenvalue weighted by Crippen LogP contribution is -2.17. The summed E-state index contributed by atoms with van der Waals surface area (Å²) < 4.78 is 46.2. The van der Waals surface area contributed by atoms with E-state index in [0.29, 0.717) is 0 Å². The Kier molecular flexibility index (Phi) is 4.75. The van der Waals surface area contributed by atoms with Gasteiger partial charge < -0.3 is 5.11 Å². The standard InChI is InChI=1S/C10H11BrO6S2/c1-18(14,15)4-5-19(16,17)9-6-7(10(12)13)2-3-8(9)11/h2-3,6H,4-5H2,1H3,(H,12,13). The van der Waals surface area contributed by atoms with Gasteiger partial charge in [-0.05, 0) is 34.1 Å². The number of aromatic carboxylic acids is 1. The summed E-state index contributed by atoms with van der Waals surface area (Å²) in [4.78, 5) is 10.6. The third kappa shape index (κ3) is 4.59. The summed E-state index contributed by atoms with van der Waals surface area (Å²) >= 11 is 3.01. The summed E-state index contributed by atoms with van der Waals surface area (Å²) in [5, 5.41) is 8.82. The van der Waals surface area contributed by atoms with Crippen LogP contribution in [0.4, 0.5) is 0 Å². The predicted octanol–water partition coefficient (Wildman–Crippen LogP) is 0.966. The molecule has 1 N–H and O–H groups in total. The van der Waals surface area contributed by atoms with Crippen molar-refractivity contribution in [3.63, 3.8) is 0 Å². The molecule has 0 amide bonds. The molecule has 0 fully saturated rings. The zero-order chi connectivity index (χ0) is 14.8. The Morgan fingerprint density at radius 2 is 1.79 bits per heavy atom. The van der Waals surface area contributed by atoms with Gasteiger partial charge in [0.25, 0.3) is 0 Å². The molecule has 6 nitrogen and oxygen atoms in total. The second kappa shape index (κ2) is 5.59. The molecule has 0 aromatic heterocycles. The molecule has 19 heavy (non-hydrogen) atoms. The number of hydrogen-bond donors (Lipinski definition) is 1. The fourth-order valence-corrected chi connectivity index (χ4v) is 5.21. The molecule has 0 heterocycles. The van der Waals surface area contributed by atoms with Crippen molar-refractivity contribution in [1.29, 1.82) is 0 Å². The van der Waals surface area contributed by atoms with E-state index >= 15 is 0 Å². The van der Waals surface area contributed by atoms with Gasteiger partial charge in [0, 0.05) is 10.7 Å². The van der Waals surface area contributed by atoms with E-state index in [1.807, 2.05) is 0 Å². The number of sulfone groups is 2. The van der Waals surface area contributed by atoms with Gasteiger partial charge in [-0.15, -0.1) is 0 Å². The number of carboxylic acid groups (broad SMARTS) is 1. The molecule has 0 unspecified atom stereocenters. The van der Waals surface area contributed by atoms with Crippen LogP contribution in [-0.2, 0) is 19.7 Å². The van der Waals surface area contributed by atoms with Crippen molar-refractivity contribution >= 4 is 41.6 Å². The molecule has 0 aliphatic heterocycles. The van der Waals surface area contributed by atoms with Crippen LogP contribution in [0.2, 0.25) is 0 Å². The molecule has 0 aliphatic rings. The first kappa shape index (κ1) is 16.1. The monoisotopic (exact) mass is 370 g/mol. The van der Waals surface area contributed by atoms with Crippen LogP contribution in [0.25, 0.3) is 0 Å². The molecule has 0 saturated heterocycles. The smallest absolute Gasteiger partial charge is 0.335 e. The number of carbonyl (C=O) groups is 1. The molecular weight excluding hydrogens is 360 g/mol. The molecule has 0 radical (unpaired) electrons. The third-order valence-electron chi connectivity index (χ3n) is 2.24. The lowest BCUT2D eigenvalue weighted by atomic mass is 10.2. The molecule has 0 bridgehead atoms. The van der Waals surface area contributed by atoms with Gasteiger partial charge in [-0.2, -0.15) is 0 Å². The van der Waals surface area contributed by atoms with Crippen LogP contribution in [-0.4, -0.2) is 45.7 Å². The van der Waals surface area contributed by atoms with Crippen molar-refractivity contribution < 1.29 is 26.7 Å². The van der Waals surface area contributed by atoms with Crippen LogP contribution in [0.5, 0.6) is 0 Å². The van der Waals surface area contributed by atoms with Gasteiger partial charge in [0.2, 0.25) is 0 Å². The SMILES string of the molecule is CS(=O)(=O)CCS(=O)(=O)c1cc(C(=O)O)ccc1Br. The van der Waals surface area contributed by atoms with E-state index in [-0.39, 0.29) is 14.9 Å². The van der Waals surface area contributed by atoms with Crippen LogP contribution in [0.15, 0.2) is 27.6 Å². The topological polar surface area (TPSA) is 106 Å². The first-order valence-corrected chi connectivity index (χ1v) is 9.47. The number of halogens is 1. The van der Waals surface area contributed by atoms with Gasteiger partial charge in [-0.1, -0.05) is 0 Å². The van der Waals surface area contributed by atoms with Crippen LogP contribution in [0.1, 0.15) is 10.4 Å². The maximum atomic E-state index is 12.0. The van der Waals surface area contributed by atoms with E-state index < -0.39 is 37.1 Å². The molecule has 0 atom stereocenters. The van der Waals surface area contributed by atoms with Crippen LogP contribution in [0.3, 0.4) is 0 Å². The maximum absolute atomic E-state index is 12.0. The Bertz CT molecular complexity index is 706. The quantitative estimate of drug-likeness (QED) is 0.827. The van der Waals surface area contributed by atoms with Crippen molar-refractivity contribution in [2.45, 2.75) is 4.90 Å². The summed E-state index contributed by atoms with van der Waals surface area (Å²) in [6.45, 7) is 0. The predicted molar refractivity (Wildman–Crippen MR) is 72.9 cm³/mol. The van der Waals surface area contributed by atoms with Gasteiger partial charge in [0.15, 0.2) is 9.84 Å². The van der Waals surface area contributed by atoms with Crippen molar-refractivity contribution in [2.24, 2.45) is 0 Å². The van der Waals surface area contributed by atoms with Gasteiger partial charge in [0.05, 0.1) is 22.0 Å². The zero-order valence-electron chi connectivity index (χ0n) is 9.83. The fraction of sp³-hybridized carbons (Fsp3) is 0.300. The first-order chi connectivity index (χ1) is 8.53. The van der Waals surface area contributed by atoms with Crippen molar-refractivity contribution in [3.05, 3.63) is 28.2 Å². The molecular formula is C10H11BrO6S2. The highest BCUT2D eigenvalue weighted by atomic mass is 79.9. The van der Waals surface area contributed by atoms with Crippen molar-refractivity contribution in [1.82, 2.24) is 0 Å². The summed E-state index contributed by atoms with van der Waals surface area (Å²) in [5.41, 5.74) is -0.180. The van der Waals surface area contributed by atoms with Crippen LogP contribution >= 0.6 is 15.9 Å². The highest BCUT2D eigenvalue weighted by Crippen LogP contribution is 2.24. The Balaban J connectivity index is 3.21. The van der Waals surface area contributed by atoms with Gasteiger partial charge in [0.1, 0.15) is 9.84 Å². The van der Waals surface area contributed by atoms with E-state index in [2.05, 4.69) is 15.9 Å². The van der Waals surface area contributed by atoms with E-state index in [1.165, 1.54) is 12.1 Å². The van der Waals surface area contributed by atoms with Crippen molar-refractivity contribution in [2.75, 3.05) is 17.8 Å². The van der Waals surface area contributed by atoms with Crippen LogP contribution in [0, 0.1) is 0 Å². The average molecular weight is 371 g/mol. The third-order valence-corrected chi connectivity index (χ3v) is 6.14. The first-order valence-electron chi connectivity index (χ1n) is 4.96. The Morgan fingerprint density at radius 3 is 2.26 bits per heavy atom. The lowest BCUT2D eigenvalue weighted by molar-refractivity contribution is 0.0696. The molecule has 9 heteroatoms. The van der Waals surface area contributed by atoms with Crippen molar-refractivity contribution in [3.8, 4) is 0 Å². The normalized spacial score (nSPS) is 12.3. The maximum Gasteiger partial charge on any atom is 0.335 e. The Hall–Kier alpha value is -0.930. The average Bonchev–Trinajstić information content (AvgIpc) is 2.25. The molecule has 1 rings (SSSR count). The minimum Gasteiger partial charge on any atom is -0.478 e. The molecule has 106 valence electrons. The van der Waals surface area contributed by atoms with Gasteiger partial charge in [-0.25, -0.2) is 21.6 Å². The Morgan fingerprint density at radius 1 is 1.21 bits per heavy atom. The molecule has 0 spiro atoms. The number of benzene rings is 1. The number of rotatable bonds is 5. The lowest BCUT2D eigenvalue weighted by Gasteiger charge is -2.07. The van der Waals surface area contributed by atoms with E-state index in [4.69, 9.17) is 5.11 Å². The zero-order valence-corrected chi connectivity index (χ0v) is 13.0. The highest BCUT2D eigenvalue weighted by molar-refractivity contribution is 9.10. The van der Waals surface area contributed by atoms with E-state index in [0.717, 1.165) is 12.3 Å². The summed E-state index contributed by atoms with van der Waals surface area (Å²) in [5.74, 6) is -2.36. The highest BCUT2D eigenvalue weighted by Gasteiger charge is 2.21. The van der Waals surface area contributed by atoms with Gasteiger partial charge >= 0.3 is 5.97 Å². The van der Waals surface area contributed by atoms with Crippen LogP contribution < -0.4 is 0 Å². The Labute approximate surface area is 119 Å². The van der Waals surface area contributed by atoms with Gasteiger partial charge in [-0.3, -0.25) is 0 Å². The van der Waals surface area contributed by atoms with E-state index in [9.17, 15) is 21.6 Å². The van der Waals surface area contributed by atoms with E-state index in [1.54, 1.807) is 0 Å².